The molecule has 0 nitrogen and oxygen atoms in total. The van der Waals surface area contributed by atoms with Gasteiger partial charge in [0.05, 0.1) is 0 Å². The average Bonchev–Trinajstić information content (AvgIpc) is 3.41. The van der Waals surface area contributed by atoms with Crippen LogP contribution in [0.25, 0.3) is 0 Å². The van der Waals surface area contributed by atoms with Gasteiger partial charge in [-0.1, -0.05) is 101 Å². The number of rotatable bonds is 14. The first kappa shape index (κ1) is 42.5. The largest absolute Gasteiger partial charge is 0.176 e. The van der Waals surface area contributed by atoms with Crippen molar-refractivity contribution < 1.29 is 0 Å². The van der Waals surface area contributed by atoms with E-state index in [1.807, 2.05) is 13.8 Å². The first-order valence-electron chi connectivity index (χ1n) is 21.2. The number of fused-ring (bicyclic) bond motifs is 5. The van der Waals surface area contributed by atoms with Crippen molar-refractivity contribution in [1.29, 1.82) is 0 Å². The standard InChI is InChI=1S/C44H79PS.C2H6/c1-14-32(8)35(15-2)37(30(4)5)29-45(13,16-3)28-34-21-26-44(12)40-23-25-43(11)38(33(9)17-20-41(46)31(6)7)18-19-39(43)36(40)22-24-42(44,10)27-34;1-2/h31-34,36,38-41,46H,4,13-29H2,1-3,5-12H3;1-2H3/b37-35-;/t32?,33-,34?,36?,38?,39+,40?,41?,42?,43?,44?,45?;/m1./s1. The van der Waals surface area contributed by atoms with Gasteiger partial charge in [-0.15, -0.1) is 13.2 Å². The summed E-state index contributed by atoms with van der Waals surface area (Å²) in [6.45, 7) is 34.7. The van der Waals surface area contributed by atoms with Crippen molar-refractivity contribution in [2.24, 2.45) is 63.6 Å². The van der Waals surface area contributed by atoms with Gasteiger partial charge in [-0.3, -0.25) is 0 Å². The predicted molar refractivity (Wildman–Crippen MR) is 227 cm³/mol. The van der Waals surface area contributed by atoms with Gasteiger partial charge < -0.3 is 0 Å². The van der Waals surface area contributed by atoms with Gasteiger partial charge in [0.15, 0.2) is 0 Å². The van der Waals surface area contributed by atoms with Crippen molar-refractivity contribution in [3.05, 3.63) is 23.3 Å². The molecule has 0 amide bonds. The molecular weight excluding hydrogens is 616 g/mol. The Morgan fingerprint density at radius 2 is 1.54 bits per heavy atom. The van der Waals surface area contributed by atoms with Crippen LogP contribution in [0.15, 0.2) is 23.3 Å². The second-order valence-corrected chi connectivity index (χ2v) is 23.7. The van der Waals surface area contributed by atoms with Crippen LogP contribution in [0, 0.1) is 63.6 Å². The molecule has 0 saturated heterocycles. The number of thiol groups is 1. The molecule has 0 spiro atoms. The minimum absolute atomic E-state index is 0.505. The van der Waals surface area contributed by atoms with E-state index in [-0.39, 0.29) is 0 Å². The predicted octanol–water partition coefficient (Wildman–Crippen LogP) is 14.8. The van der Waals surface area contributed by atoms with E-state index in [4.69, 9.17) is 18.9 Å². The molecule has 0 N–H and O–H groups in total. The van der Waals surface area contributed by atoms with Crippen LogP contribution in [0.5, 0.6) is 0 Å². The Bertz CT molecular complexity index is 1130. The Hall–Kier alpha value is 0.130. The van der Waals surface area contributed by atoms with E-state index in [1.165, 1.54) is 101 Å². The zero-order valence-corrected chi connectivity index (χ0v) is 36.6. The maximum atomic E-state index is 5.14. The van der Waals surface area contributed by atoms with Crippen molar-refractivity contribution in [3.63, 3.8) is 0 Å². The fourth-order valence-corrected chi connectivity index (χ4v) is 16.0. The van der Waals surface area contributed by atoms with E-state index in [0.717, 1.165) is 41.9 Å². The maximum Gasteiger partial charge on any atom is 0.00399 e. The molecule has 4 fully saturated rings. The molecular formula is C46H85PS. The first-order valence-corrected chi connectivity index (χ1v) is 24.3. The highest BCUT2D eigenvalue weighted by Crippen LogP contribution is 2.72. The molecule has 4 aliphatic rings. The molecule has 4 saturated carbocycles. The van der Waals surface area contributed by atoms with E-state index in [2.05, 4.69) is 82.7 Å². The van der Waals surface area contributed by atoms with Crippen molar-refractivity contribution in [2.75, 3.05) is 18.5 Å². The fourth-order valence-electron chi connectivity index (χ4n) is 12.7. The van der Waals surface area contributed by atoms with Crippen molar-refractivity contribution in [1.82, 2.24) is 0 Å². The third kappa shape index (κ3) is 8.50. The van der Waals surface area contributed by atoms with Crippen LogP contribution in [0.1, 0.15) is 173 Å². The van der Waals surface area contributed by atoms with Gasteiger partial charge in [0.25, 0.3) is 0 Å². The minimum atomic E-state index is -1.31. The van der Waals surface area contributed by atoms with Crippen LogP contribution in [-0.4, -0.2) is 30.0 Å². The van der Waals surface area contributed by atoms with Gasteiger partial charge in [-0.2, -0.15) is 12.6 Å². The third-order valence-electron chi connectivity index (χ3n) is 16.2. The fraction of sp³-hybridized carbons (Fsp3) is 0.891. The lowest BCUT2D eigenvalue weighted by Crippen LogP contribution is -2.58. The Labute approximate surface area is 308 Å². The normalized spacial score (nSPS) is 38.3. The molecule has 2 heteroatoms. The molecule has 0 bridgehead atoms. The van der Waals surface area contributed by atoms with E-state index in [1.54, 1.807) is 11.1 Å². The molecule has 12 atom stereocenters. The first-order chi connectivity index (χ1) is 22.5. The van der Waals surface area contributed by atoms with Crippen LogP contribution in [-0.2, 0) is 0 Å². The second kappa shape index (κ2) is 17.3. The summed E-state index contributed by atoms with van der Waals surface area (Å²) in [6.07, 6.45) is 27.5. The molecule has 0 aliphatic heterocycles. The summed E-state index contributed by atoms with van der Waals surface area (Å²) < 4.78 is 0. The summed E-state index contributed by atoms with van der Waals surface area (Å²) in [7, 11) is 0. The van der Waals surface area contributed by atoms with Crippen LogP contribution in [0.4, 0.5) is 0 Å². The molecule has 4 aliphatic carbocycles. The number of hydrogen-bond donors (Lipinski definition) is 1. The molecule has 0 radical (unpaired) electrons. The van der Waals surface area contributed by atoms with E-state index >= 15 is 0 Å². The summed E-state index contributed by atoms with van der Waals surface area (Å²) in [4.78, 5) is 0. The van der Waals surface area contributed by atoms with Crippen LogP contribution in [0.2, 0.25) is 0 Å². The summed E-state index contributed by atoms with van der Waals surface area (Å²) in [5.41, 5.74) is 6.20. The number of hydrogen-bond acceptors (Lipinski definition) is 1. The summed E-state index contributed by atoms with van der Waals surface area (Å²) in [5.74, 6) is 6.90. The molecule has 48 heavy (non-hydrogen) atoms. The Kier molecular flexibility index (Phi) is 15.3. The summed E-state index contributed by atoms with van der Waals surface area (Å²) in [6, 6.07) is 0. The monoisotopic (exact) mass is 701 g/mol. The molecule has 0 aromatic rings. The van der Waals surface area contributed by atoms with Crippen LogP contribution in [0.3, 0.4) is 0 Å². The van der Waals surface area contributed by atoms with Gasteiger partial charge in [0.2, 0.25) is 0 Å². The minimum Gasteiger partial charge on any atom is -0.176 e. The van der Waals surface area contributed by atoms with Crippen LogP contribution < -0.4 is 0 Å². The van der Waals surface area contributed by atoms with Gasteiger partial charge in [-0.05, 0) is 178 Å². The zero-order valence-electron chi connectivity index (χ0n) is 34.8. The Morgan fingerprint density at radius 3 is 2.10 bits per heavy atom. The van der Waals surface area contributed by atoms with Gasteiger partial charge in [0, 0.05) is 5.25 Å². The SMILES string of the molecule is C=C(C)/C(CP(=C)(CC)CC1CCC2(C)C3CCC4(C)C([C@H](C)CCC(S)C(C)C)CC[C@H]4C3CCC2(C)C1)=C(/CC)C(C)CC.CC. The number of allylic oxidation sites excluding steroid dienone is 3. The van der Waals surface area contributed by atoms with Crippen molar-refractivity contribution >= 4 is 25.8 Å². The smallest absolute Gasteiger partial charge is 0.00399 e. The molecule has 0 aromatic heterocycles. The van der Waals surface area contributed by atoms with Gasteiger partial charge in [0.1, 0.15) is 0 Å². The lowest BCUT2D eigenvalue weighted by Gasteiger charge is -2.66. The third-order valence-corrected chi connectivity index (χ3v) is 20.7. The highest BCUT2D eigenvalue weighted by molar-refractivity contribution is 7.81. The van der Waals surface area contributed by atoms with Crippen molar-refractivity contribution in [2.45, 2.75) is 179 Å². The van der Waals surface area contributed by atoms with E-state index < -0.39 is 6.89 Å². The van der Waals surface area contributed by atoms with E-state index in [0.29, 0.717) is 33.3 Å². The lowest BCUT2D eigenvalue weighted by atomic mass is 9.39. The molecule has 0 aromatic carbocycles. The van der Waals surface area contributed by atoms with Gasteiger partial charge >= 0.3 is 0 Å². The van der Waals surface area contributed by atoms with Gasteiger partial charge in [-0.25, -0.2) is 0 Å². The topological polar surface area (TPSA) is 0 Å². The molecule has 4 rings (SSSR count). The zero-order chi connectivity index (χ0) is 36.2. The average molecular weight is 701 g/mol. The van der Waals surface area contributed by atoms with E-state index in [9.17, 15) is 0 Å². The Morgan fingerprint density at radius 1 is 0.875 bits per heavy atom. The van der Waals surface area contributed by atoms with Crippen LogP contribution >= 0.6 is 19.5 Å². The molecule has 0 heterocycles. The summed E-state index contributed by atoms with van der Waals surface area (Å²) >= 11 is 4.95. The quantitative estimate of drug-likeness (QED) is 0.104. The second-order valence-electron chi connectivity index (χ2n) is 19.0. The lowest BCUT2D eigenvalue weighted by molar-refractivity contribution is -0.161. The maximum absolute atomic E-state index is 5.14. The summed E-state index contributed by atoms with van der Waals surface area (Å²) in [5, 5.41) is 0.561. The van der Waals surface area contributed by atoms with Crippen molar-refractivity contribution in [3.8, 4) is 0 Å². The highest BCUT2D eigenvalue weighted by Gasteiger charge is 2.63. The molecule has 280 valence electrons. The highest BCUT2D eigenvalue weighted by atomic mass is 32.1. The Balaban J connectivity index is 0.00000307. The molecule has 10 unspecified atom stereocenters.